The topological polar surface area (TPSA) is 76.1 Å². The first-order chi connectivity index (χ1) is 16.2. The first-order valence-corrected chi connectivity index (χ1v) is 13.4. The number of rotatable bonds is 7. The molecule has 2 aliphatic heterocycles. The van der Waals surface area contributed by atoms with Crippen molar-refractivity contribution in [3.63, 3.8) is 0 Å². The summed E-state index contributed by atoms with van der Waals surface area (Å²) in [7, 11) is -1.75. The van der Waals surface area contributed by atoms with E-state index in [9.17, 15) is 13.2 Å². The fraction of sp³-hybridized carbons (Fsp3) is 0.500. The Labute approximate surface area is 202 Å². The van der Waals surface area contributed by atoms with Crippen molar-refractivity contribution in [2.45, 2.75) is 45.2 Å². The number of benzene rings is 2. The molecule has 7 nitrogen and oxygen atoms in total. The van der Waals surface area contributed by atoms with Crippen molar-refractivity contribution in [3.8, 4) is 5.75 Å². The average molecular weight is 487 g/mol. The van der Waals surface area contributed by atoms with Gasteiger partial charge >= 0.3 is 0 Å². The quantitative estimate of drug-likeness (QED) is 0.600. The lowest BCUT2D eigenvalue weighted by Gasteiger charge is -2.20. The molecule has 2 aromatic rings. The zero-order valence-electron chi connectivity index (χ0n) is 20.4. The van der Waals surface area contributed by atoms with Crippen molar-refractivity contribution in [1.29, 1.82) is 0 Å². The summed E-state index contributed by atoms with van der Waals surface area (Å²) in [6.07, 6.45) is 0.289. The molecular weight excluding hydrogens is 452 g/mol. The first kappa shape index (κ1) is 24.7. The van der Waals surface area contributed by atoms with Crippen LogP contribution < -0.4 is 4.74 Å². The van der Waals surface area contributed by atoms with E-state index < -0.39 is 10.0 Å². The van der Waals surface area contributed by atoms with E-state index in [1.165, 1.54) is 0 Å². The number of hydrogen-bond acceptors (Lipinski definition) is 5. The van der Waals surface area contributed by atoms with Gasteiger partial charge in [0.25, 0.3) is 5.91 Å². The average Bonchev–Trinajstić information content (AvgIpc) is 3.41. The Hall–Kier alpha value is -2.42. The molecule has 2 saturated heterocycles. The van der Waals surface area contributed by atoms with Crippen LogP contribution >= 0.6 is 0 Å². The lowest BCUT2D eigenvalue weighted by Crippen LogP contribution is -2.32. The number of sulfonamides is 1. The van der Waals surface area contributed by atoms with Crippen molar-refractivity contribution in [3.05, 3.63) is 64.7 Å². The Kier molecular flexibility index (Phi) is 7.31. The SMILES string of the molecule is COC1CN(C(=O)c2cc(C)ccc2C)CC1Oc1cccc(CS(=O)(=O)N2CCC(C)C2)c1. The van der Waals surface area contributed by atoms with E-state index in [1.54, 1.807) is 22.4 Å². The van der Waals surface area contributed by atoms with Crippen LogP contribution in [0.1, 0.15) is 40.4 Å². The zero-order chi connectivity index (χ0) is 24.5. The molecule has 2 fully saturated rings. The molecule has 0 radical (unpaired) electrons. The summed E-state index contributed by atoms with van der Waals surface area (Å²) in [5, 5.41) is 0. The van der Waals surface area contributed by atoms with E-state index in [-0.39, 0.29) is 23.9 Å². The molecule has 0 bridgehead atoms. The van der Waals surface area contributed by atoms with Gasteiger partial charge in [-0.3, -0.25) is 4.79 Å². The van der Waals surface area contributed by atoms with Crippen LogP contribution in [0.4, 0.5) is 0 Å². The van der Waals surface area contributed by atoms with Crippen LogP contribution in [0, 0.1) is 19.8 Å². The highest BCUT2D eigenvalue weighted by Gasteiger charge is 2.38. The van der Waals surface area contributed by atoms with E-state index in [1.807, 2.05) is 50.2 Å². The second-order valence-electron chi connectivity index (χ2n) is 9.61. The monoisotopic (exact) mass is 486 g/mol. The molecule has 2 aliphatic rings. The van der Waals surface area contributed by atoms with E-state index in [2.05, 4.69) is 6.92 Å². The molecule has 1 amide bonds. The molecule has 0 saturated carbocycles. The van der Waals surface area contributed by atoms with Crippen molar-refractivity contribution < 1.29 is 22.7 Å². The molecule has 3 unspecified atom stereocenters. The summed E-state index contributed by atoms with van der Waals surface area (Å²) in [5.41, 5.74) is 3.36. The second-order valence-corrected chi connectivity index (χ2v) is 11.6. The highest BCUT2D eigenvalue weighted by Crippen LogP contribution is 2.26. The highest BCUT2D eigenvalue weighted by atomic mass is 32.2. The lowest BCUT2D eigenvalue weighted by molar-refractivity contribution is 0.0339. The van der Waals surface area contributed by atoms with Crippen molar-refractivity contribution in [2.75, 3.05) is 33.3 Å². The van der Waals surface area contributed by atoms with Gasteiger partial charge in [-0.25, -0.2) is 12.7 Å². The van der Waals surface area contributed by atoms with E-state index in [0.717, 1.165) is 17.5 Å². The van der Waals surface area contributed by atoms with Crippen LogP contribution in [0.3, 0.4) is 0 Å². The molecule has 0 aliphatic carbocycles. The molecule has 34 heavy (non-hydrogen) atoms. The summed E-state index contributed by atoms with van der Waals surface area (Å²) in [5.74, 6) is 0.892. The minimum atomic E-state index is -3.36. The Bertz CT molecular complexity index is 1150. The number of aryl methyl sites for hydroxylation is 2. The molecule has 2 heterocycles. The van der Waals surface area contributed by atoms with E-state index in [4.69, 9.17) is 9.47 Å². The molecule has 3 atom stereocenters. The van der Waals surface area contributed by atoms with E-state index in [0.29, 0.717) is 49.0 Å². The van der Waals surface area contributed by atoms with Crippen LogP contribution in [-0.2, 0) is 20.5 Å². The second kappa shape index (κ2) is 10.1. The lowest BCUT2D eigenvalue weighted by atomic mass is 10.0. The molecule has 184 valence electrons. The number of likely N-dealkylation sites (tertiary alicyclic amines) is 1. The predicted molar refractivity (Wildman–Crippen MR) is 131 cm³/mol. The largest absolute Gasteiger partial charge is 0.486 e. The van der Waals surface area contributed by atoms with Gasteiger partial charge in [0.1, 0.15) is 18.0 Å². The standard InChI is InChI=1S/C26H34N2O5S/c1-18-8-9-20(3)23(12-18)26(29)27-15-24(32-4)25(16-27)33-22-7-5-6-21(13-22)17-34(30,31)28-11-10-19(2)14-28/h5-9,12-13,19,24-25H,10-11,14-17H2,1-4H3. The molecule has 2 aromatic carbocycles. The van der Waals surface area contributed by atoms with Gasteiger partial charge in [-0.1, -0.05) is 36.8 Å². The number of carbonyl (C=O) groups excluding carboxylic acids is 1. The van der Waals surface area contributed by atoms with Crippen molar-refractivity contribution in [1.82, 2.24) is 9.21 Å². The van der Waals surface area contributed by atoms with Crippen LogP contribution in [0.2, 0.25) is 0 Å². The molecule has 0 aromatic heterocycles. The number of hydrogen-bond donors (Lipinski definition) is 0. The number of ether oxygens (including phenoxy) is 2. The predicted octanol–water partition coefficient (Wildman–Crippen LogP) is 3.39. The van der Waals surface area contributed by atoms with Gasteiger partial charge in [0.2, 0.25) is 10.0 Å². The third-order valence-corrected chi connectivity index (χ3v) is 8.56. The van der Waals surface area contributed by atoms with Gasteiger partial charge in [-0.15, -0.1) is 0 Å². The fourth-order valence-corrected chi connectivity index (χ4v) is 6.37. The van der Waals surface area contributed by atoms with Crippen LogP contribution in [0.25, 0.3) is 0 Å². The summed E-state index contributed by atoms with van der Waals surface area (Å²) < 4.78 is 39.1. The molecule has 0 spiro atoms. The number of nitrogens with zero attached hydrogens (tertiary/aromatic N) is 2. The van der Waals surface area contributed by atoms with Gasteiger partial charge in [0.15, 0.2) is 0 Å². The summed E-state index contributed by atoms with van der Waals surface area (Å²) in [6, 6.07) is 13.1. The Morgan fingerprint density at radius 2 is 1.82 bits per heavy atom. The van der Waals surface area contributed by atoms with Gasteiger partial charge in [-0.05, 0) is 55.5 Å². The van der Waals surface area contributed by atoms with Gasteiger partial charge in [0, 0.05) is 25.8 Å². The maximum absolute atomic E-state index is 13.2. The highest BCUT2D eigenvalue weighted by molar-refractivity contribution is 7.88. The van der Waals surface area contributed by atoms with Crippen LogP contribution in [-0.4, -0.2) is 69.0 Å². The van der Waals surface area contributed by atoms with Gasteiger partial charge in [0.05, 0.1) is 18.8 Å². The number of amides is 1. The smallest absolute Gasteiger partial charge is 0.254 e. The first-order valence-electron chi connectivity index (χ1n) is 11.8. The number of carbonyl (C=O) groups is 1. The van der Waals surface area contributed by atoms with Gasteiger partial charge < -0.3 is 14.4 Å². The molecule has 8 heteroatoms. The normalized spacial score (nSPS) is 23.4. The van der Waals surface area contributed by atoms with Crippen LogP contribution in [0.5, 0.6) is 5.75 Å². The minimum absolute atomic E-state index is 0.0333. The van der Waals surface area contributed by atoms with Crippen molar-refractivity contribution >= 4 is 15.9 Å². The van der Waals surface area contributed by atoms with E-state index >= 15 is 0 Å². The minimum Gasteiger partial charge on any atom is -0.486 e. The van der Waals surface area contributed by atoms with Crippen LogP contribution in [0.15, 0.2) is 42.5 Å². The molecular formula is C26H34N2O5S. The fourth-order valence-electron chi connectivity index (χ4n) is 4.72. The zero-order valence-corrected chi connectivity index (χ0v) is 21.2. The summed E-state index contributed by atoms with van der Waals surface area (Å²) in [6.45, 7) is 8.00. The summed E-state index contributed by atoms with van der Waals surface area (Å²) >= 11 is 0. The van der Waals surface area contributed by atoms with Gasteiger partial charge in [-0.2, -0.15) is 0 Å². The Balaban J connectivity index is 1.45. The summed E-state index contributed by atoms with van der Waals surface area (Å²) in [4.78, 5) is 15.0. The van der Waals surface area contributed by atoms with Crippen molar-refractivity contribution in [2.24, 2.45) is 5.92 Å². The Morgan fingerprint density at radius 3 is 2.53 bits per heavy atom. The maximum atomic E-state index is 13.2. The Morgan fingerprint density at radius 1 is 1.06 bits per heavy atom. The maximum Gasteiger partial charge on any atom is 0.254 e. The third-order valence-electron chi connectivity index (χ3n) is 6.74. The number of methoxy groups -OCH3 is 1. The molecule has 4 rings (SSSR count). The molecule has 0 N–H and O–H groups in total. The third kappa shape index (κ3) is 5.45.